The summed E-state index contributed by atoms with van der Waals surface area (Å²) in [5.74, 6) is 3.57. The lowest BCUT2D eigenvalue weighted by Crippen LogP contribution is -2.45. The van der Waals surface area contributed by atoms with Crippen LogP contribution in [0.2, 0.25) is 0 Å². The predicted octanol–water partition coefficient (Wildman–Crippen LogP) is 3.81. The summed E-state index contributed by atoms with van der Waals surface area (Å²) in [6.07, 6.45) is 8.98. The molecular formula is C22H33N5. The monoisotopic (exact) mass is 367 g/mol. The van der Waals surface area contributed by atoms with Gasteiger partial charge in [0.25, 0.3) is 0 Å². The van der Waals surface area contributed by atoms with Crippen LogP contribution in [0.25, 0.3) is 0 Å². The molecule has 0 bridgehead atoms. The molecule has 0 amide bonds. The molecule has 1 saturated carbocycles. The van der Waals surface area contributed by atoms with Crippen LogP contribution < -0.4 is 10.6 Å². The highest BCUT2D eigenvalue weighted by atomic mass is 15.2. The highest BCUT2D eigenvalue weighted by molar-refractivity contribution is 5.79. The molecule has 146 valence electrons. The van der Waals surface area contributed by atoms with Gasteiger partial charge in [0.15, 0.2) is 5.96 Å². The molecule has 2 aromatic rings. The smallest absolute Gasteiger partial charge is 0.191 e. The van der Waals surface area contributed by atoms with E-state index in [1.165, 1.54) is 31.2 Å². The molecule has 0 aliphatic heterocycles. The molecule has 0 saturated heterocycles. The Kier molecular flexibility index (Phi) is 6.91. The molecule has 0 radical (unpaired) electrons. The maximum absolute atomic E-state index is 4.51. The van der Waals surface area contributed by atoms with Crippen molar-refractivity contribution in [3.8, 4) is 0 Å². The molecule has 5 heteroatoms. The molecule has 1 aliphatic rings. The molecule has 0 atom stereocenters. The van der Waals surface area contributed by atoms with E-state index in [9.17, 15) is 0 Å². The number of aromatic nitrogens is 2. The molecule has 3 rings (SSSR count). The quantitative estimate of drug-likeness (QED) is 0.603. The Bertz CT molecular complexity index is 711. The van der Waals surface area contributed by atoms with Crippen molar-refractivity contribution in [3.05, 3.63) is 54.1 Å². The molecule has 1 aromatic heterocycles. The highest BCUT2D eigenvalue weighted by Crippen LogP contribution is 2.29. The summed E-state index contributed by atoms with van der Waals surface area (Å²) in [4.78, 5) is 8.92. The summed E-state index contributed by atoms with van der Waals surface area (Å²) in [6.45, 7) is 6.19. The minimum Gasteiger partial charge on any atom is -0.354 e. The second kappa shape index (κ2) is 9.58. The molecule has 1 fully saturated rings. The molecule has 5 nitrogen and oxygen atoms in total. The summed E-state index contributed by atoms with van der Waals surface area (Å²) < 4.78 is 2.18. The van der Waals surface area contributed by atoms with Crippen LogP contribution in [0.15, 0.2) is 47.7 Å². The third-order valence-electron chi connectivity index (χ3n) is 5.69. The number of imidazole rings is 1. The van der Waals surface area contributed by atoms with Crippen LogP contribution in [-0.4, -0.2) is 28.6 Å². The largest absolute Gasteiger partial charge is 0.354 e. The van der Waals surface area contributed by atoms with Gasteiger partial charge in [-0.15, -0.1) is 0 Å². The molecule has 2 N–H and O–H groups in total. The van der Waals surface area contributed by atoms with E-state index in [1.807, 2.05) is 25.5 Å². The van der Waals surface area contributed by atoms with Gasteiger partial charge in [0.2, 0.25) is 0 Å². The van der Waals surface area contributed by atoms with E-state index in [4.69, 9.17) is 0 Å². The van der Waals surface area contributed by atoms with Crippen molar-refractivity contribution in [2.24, 2.45) is 16.8 Å². The van der Waals surface area contributed by atoms with E-state index in [1.54, 1.807) is 0 Å². The molecule has 1 heterocycles. The average Bonchev–Trinajstić information content (AvgIpc) is 3.13. The Balaban J connectivity index is 1.50. The van der Waals surface area contributed by atoms with Gasteiger partial charge in [-0.3, -0.25) is 4.99 Å². The first-order valence-electron chi connectivity index (χ1n) is 10.2. The fraction of sp³-hybridized carbons (Fsp3) is 0.545. The zero-order chi connectivity index (χ0) is 19.1. The second-order valence-electron chi connectivity index (χ2n) is 7.88. The predicted molar refractivity (Wildman–Crippen MR) is 112 cm³/mol. The van der Waals surface area contributed by atoms with Gasteiger partial charge in [-0.05, 0) is 43.1 Å². The normalized spacial score (nSPS) is 20.7. The number of nitrogens with zero attached hydrogens (tertiary/aromatic N) is 3. The van der Waals surface area contributed by atoms with Gasteiger partial charge in [0.05, 0.1) is 6.54 Å². The first kappa shape index (κ1) is 19.5. The number of nitrogens with one attached hydrogen (secondary N) is 2. The zero-order valence-electron chi connectivity index (χ0n) is 16.9. The first-order valence-corrected chi connectivity index (χ1v) is 10.2. The number of benzene rings is 1. The van der Waals surface area contributed by atoms with E-state index in [0.717, 1.165) is 30.2 Å². The summed E-state index contributed by atoms with van der Waals surface area (Å²) in [7, 11) is 1.84. The minimum atomic E-state index is 0.523. The Morgan fingerprint density at radius 2 is 1.93 bits per heavy atom. The summed E-state index contributed by atoms with van der Waals surface area (Å²) >= 11 is 0. The molecule has 0 unspecified atom stereocenters. The Morgan fingerprint density at radius 1 is 1.19 bits per heavy atom. The standard InChI is InChI=1S/C22H33N5/c1-17(2)19-9-11-20(12-10-19)26-22(23-3)25-15-21-24-13-14-27(21)16-18-7-5-4-6-8-18/h4-8,13-14,17,19-20H,9-12,15-16H2,1-3H3,(H2,23,25,26). The van der Waals surface area contributed by atoms with Crippen molar-refractivity contribution in [1.29, 1.82) is 0 Å². The van der Waals surface area contributed by atoms with E-state index in [2.05, 4.69) is 63.3 Å². The molecule has 27 heavy (non-hydrogen) atoms. The highest BCUT2D eigenvalue weighted by Gasteiger charge is 2.23. The van der Waals surface area contributed by atoms with Crippen molar-refractivity contribution >= 4 is 5.96 Å². The van der Waals surface area contributed by atoms with Crippen molar-refractivity contribution in [2.75, 3.05) is 7.05 Å². The third kappa shape index (κ3) is 5.59. The Morgan fingerprint density at radius 3 is 2.59 bits per heavy atom. The number of rotatable bonds is 6. The van der Waals surface area contributed by atoms with E-state index in [0.29, 0.717) is 12.6 Å². The first-order chi connectivity index (χ1) is 13.2. The summed E-state index contributed by atoms with van der Waals surface area (Å²) in [5.41, 5.74) is 1.28. The van der Waals surface area contributed by atoms with Gasteiger partial charge < -0.3 is 15.2 Å². The lowest BCUT2D eigenvalue weighted by molar-refractivity contribution is 0.250. The van der Waals surface area contributed by atoms with Crippen molar-refractivity contribution < 1.29 is 0 Å². The van der Waals surface area contributed by atoms with Crippen molar-refractivity contribution in [3.63, 3.8) is 0 Å². The van der Waals surface area contributed by atoms with Gasteiger partial charge in [-0.2, -0.15) is 0 Å². The Labute approximate surface area is 163 Å². The Hall–Kier alpha value is -2.30. The van der Waals surface area contributed by atoms with E-state index < -0.39 is 0 Å². The second-order valence-corrected chi connectivity index (χ2v) is 7.88. The number of guanidine groups is 1. The van der Waals surface area contributed by atoms with Crippen LogP contribution in [0.3, 0.4) is 0 Å². The van der Waals surface area contributed by atoms with Gasteiger partial charge in [-0.25, -0.2) is 4.98 Å². The van der Waals surface area contributed by atoms with Crippen LogP contribution in [-0.2, 0) is 13.1 Å². The maximum atomic E-state index is 4.51. The number of aliphatic imine (C=N–C) groups is 1. The lowest BCUT2D eigenvalue weighted by Gasteiger charge is -2.32. The molecule has 0 spiro atoms. The average molecular weight is 368 g/mol. The van der Waals surface area contributed by atoms with E-state index >= 15 is 0 Å². The van der Waals surface area contributed by atoms with Gasteiger partial charge in [0, 0.05) is 32.0 Å². The summed E-state index contributed by atoms with van der Waals surface area (Å²) in [6, 6.07) is 11.0. The fourth-order valence-corrected chi connectivity index (χ4v) is 3.91. The summed E-state index contributed by atoms with van der Waals surface area (Å²) in [5, 5.41) is 7.03. The van der Waals surface area contributed by atoms with Gasteiger partial charge >= 0.3 is 0 Å². The molecule has 1 aliphatic carbocycles. The number of hydrogen-bond acceptors (Lipinski definition) is 2. The van der Waals surface area contributed by atoms with Crippen LogP contribution in [0.1, 0.15) is 50.9 Å². The van der Waals surface area contributed by atoms with Crippen LogP contribution in [0.5, 0.6) is 0 Å². The van der Waals surface area contributed by atoms with Gasteiger partial charge in [0.1, 0.15) is 5.82 Å². The third-order valence-corrected chi connectivity index (χ3v) is 5.69. The van der Waals surface area contributed by atoms with Crippen LogP contribution >= 0.6 is 0 Å². The minimum absolute atomic E-state index is 0.523. The van der Waals surface area contributed by atoms with Crippen molar-refractivity contribution in [2.45, 2.75) is 58.7 Å². The van der Waals surface area contributed by atoms with E-state index in [-0.39, 0.29) is 0 Å². The van der Waals surface area contributed by atoms with Crippen LogP contribution in [0.4, 0.5) is 0 Å². The molecular weight excluding hydrogens is 334 g/mol. The number of hydrogen-bond donors (Lipinski definition) is 2. The van der Waals surface area contributed by atoms with Crippen LogP contribution in [0, 0.1) is 11.8 Å². The molecule has 1 aromatic carbocycles. The van der Waals surface area contributed by atoms with Gasteiger partial charge in [-0.1, -0.05) is 44.2 Å². The zero-order valence-corrected chi connectivity index (χ0v) is 16.9. The SMILES string of the molecule is CN=C(NCc1nccn1Cc1ccccc1)NC1CCC(C(C)C)CC1. The topological polar surface area (TPSA) is 54.2 Å². The lowest BCUT2D eigenvalue weighted by atomic mass is 9.80. The van der Waals surface area contributed by atoms with Crippen molar-refractivity contribution in [1.82, 2.24) is 20.2 Å². The fourth-order valence-electron chi connectivity index (χ4n) is 3.91. The maximum Gasteiger partial charge on any atom is 0.191 e.